The van der Waals surface area contributed by atoms with Crippen molar-refractivity contribution in [2.45, 2.75) is 25.8 Å². The average Bonchev–Trinajstić information content (AvgIpc) is 2.14. The Morgan fingerprint density at radius 1 is 1.50 bits per heavy atom. The fraction of sp³-hybridized carbons (Fsp3) is 1.00. The van der Waals surface area contributed by atoms with Crippen LogP contribution in [0.4, 0.5) is 0 Å². The van der Waals surface area contributed by atoms with Crippen LogP contribution in [-0.2, 0) is 14.8 Å². The van der Waals surface area contributed by atoms with Gasteiger partial charge in [-0.05, 0) is 12.8 Å². The third-order valence-electron chi connectivity index (χ3n) is 1.82. The summed E-state index contributed by atoms with van der Waals surface area (Å²) in [7, 11) is -1.74. The van der Waals surface area contributed by atoms with Crippen LogP contribution in [0.5, 0.6) is 0 Å². The maximum absolute atomic E-state index is 11.4. The van der Waals surface area contributed by atoms with E-state index in [9.17, 15) is 8.42 Å². The van der Waals surface area contributed by atoms with Crippen molar-refractivity contribution in [1.29, 1.82) is 0 Å². The number of rotatable bonds is 8. The smallest absolute Gasteiger partial charge is 0.212 e. The normalized spacial score (nSPS) is 14.2. The van der Waals surface area contributed by atoms with Gasteiger partial charge in [0.05, 0.1) is 12.4 Å². The van der Waals surface area contributed by atoms with Gasteiger partial charge in [0.1, 0.15) is 0 Å². The van der Waals surface area contributed by atoms with E-state index in [1.807, 2.05) is 6.92 Å². The molecule has 1 atom stereocenters. The molecule has 0 spiro atoms. The van der Waals surface area contributed by atoms with Crippen LogP contribution in [0, 0.1) is 0 Å². The number of methoxy groups -OCH3 is 1. The number of hydrogen-bond donors (Lipinski definition) is 2. The number of ether oxygens (including phenoxy) is 1. The van der Waals surface area contributed by atoms with E-state index in [2.05, 4.69) is 4.72 Å². The van der Waals surface area contributed by atoms with E-state index in [1.54, 1.807) is 0 Å². The summed E-state index contributed by atoms with van der Waals surface area (Å²) >= 11 is 0. The van der Waals surface area contributed by atoms with Crippen LogP contribution in [-0.4, -0.2) is 45.6 Å². The monoisotopic (exact) mass is 225 g/mol. The number of aliphatic hydroxyl groups excluding tert-OH is 1. The predicted molar refractivity (Wildman–Crippen MR) is 54.6 cm³/mol. The molecule has 0 aliphatic heterocycles. The van der Waals surface area contributed by atoms with Gasteiger partial charge < -0.3 is 9.84 Å². The molecule has 0 aromatic heterocycles. The van der Waals surface area contributed by atoms with E-state index in [4.69, 9.17) is 9.84 Å². The molecule has 0 aliphatic carbocycles. The SMILES string of the molecule is CCC(CO)NS(=O)(=O)CCCOC. The van der Waals surface area contributed by atoms with Crippen molar-refractivity contribution in [1.82, 2.24) is 4.72 Å². The molecule has 0 aromatic rings. The van der Waals surface area contributed by atoms with Crippen LogP contribution in [0.3, 0.4) is 0 Å². The van der Waals surface area contributed by atoms with Gasteiger partial charge in [0.25, 0.3) is 0 Å². The maximum atomic E-state index is 11.4. The largest absolute Gasteiger partial charge is 0.395 e. The van der Waals surface area contributed by atoms with E-state index in [0.717, 1.165) is 0 Å². The summed E-state index contributed by atoms with van der Waals surface area (Å²) in [6.07, 6.45) is 1.05. The highest BCUT2D eigenvalue weighted by Crippen LogP contribution is 1.96. The highest BCUT2D eigenvalue weighted by molar-refractivity contribution is 7.89. The maximum Gasteiger partial charge on any atom is 0.212 e. The molecule has 0 aromatic carbocycles. The Labute approximate surface area is 85.5 Å². The molecular formula is C8H19NO4S. The van der Waals surface area contributed by atoms with Crippen LogP contribution in [0.1, 0.15) is 19.8 Å². The topological polar surface area (TPSA) is 75.6 Å². The first-order chi connectivity index (χ1) is 6.55. The standard InChI is InChI=1S/C8H19NO4S/c1-3-8(7-10)9-14(11,12)6-4-5-13-2/h8-10H,3-7H2,1-2H3. The molecule has 86 valence electrons. The summed E-state index contributed by atoms with van der Waals surface area (Å²) in [4.78, 5) is 0. The van der Waals surface area contributed by atoms with Crippen molar-refractivity contribution in [3.8, 4) is 0 Å². The van der Waals surface area contributed by atoms with Gasteiger partial charge >= 0.3 is 0 Å². The van der Waals surface area contributed by atoms with Crippen LogP contribution in [0.2, 0.25) is 0 Å². The molecule has 0 bridgehead atoms. The van der Waals surface area contributed by atoms with Gasteiger partial charge in [-0.25, -0.2) is 13.1 Å². The second kappa shape index (κ2) is 7.17. The number of sulfonamides is 1. The van der Waals surface area contributed by atoms with E-state index in [1.165, 1.54) is 7.11 Å². The van der Waals surface area contributed by atoms with E-state index >= 15 is 0 Å². The van der Waals surface area contributed by atoms with Crippen LogP contribution < -0.4 is 4.72 Å². The molecule has 0 rings (SSSR count). The van der Waals surface area contributed by atoms with Gasteiger partial charge in [-0.3, -0.25) is 0 Å². The van der Waals surface area contributed by atoms with Gasteiger partial charge in [0, 0.05) is 19.8 Å². The lowest BCUT2D eigenvalue weighted by atomic mass is 10.3. The van der Waals surface area contributed by atoms with Crippen LogP contribution in [0.25, 0.3) is 0 Å². The van der Waals surface area contributed by atoms with Crippen molar-refractivity contribution in [2.75, 3.05) is 26.1 Å². The second-order valence-electron chi connectivity index (χ2n) is 3.07. The molecule has 0 fully saturated rings. The minimum absolute atomic E-state index is 0.0390. The Hall–Kier alpha value is -0.170. The average molecular weight is 225 g/mol. The molecular weight excluding hydrogens is 206 g/mol. The Morgan fingerprint density at radius 2 is 2.14 bits per heavy atom. The van der Waals surface area contributed by atoms with Crippen molar-refractivity contribution >= 4 is 10.0 Å². The summed E-state index contributed by atoms with van der Waals surface area (Å²) in [5, 5.41) is 8.81. The highest BCUT2D eigenvalue weighted by atomic mass is 32.2. The summed E-state index contributed by atoms with van der Waals surface area (Å²) < 4.78 is 29.9. The van der Waals surface area contributed by atoms with E-state index in [-0.39, 0.29) is 18.4 Å². The first kappa shape index (κ1) is 13.8. The summed E-state index contributed by atoms with van der Waals surface area (Å²) in [5.41, 5.74) is 0. The Balaban J connectivity index is 3.93. The highest BCUT2D eigenvalue weighted by Gasteiger charge is 2.14. The first-order valence-corrected chi connectivity index (χ1v) is 6.30. The molecule has 0 amide bonds. The second-order valence-corrected chi connectivity index (χ2v) is 4.94. The molecule has 14 heavy (non-hydrogen) atoms. The lowest BCUT2D eigenvalue weighted by molar-refractivity contribution is 0.199. The Bertz CT molecular complexity index is 223. The quantitative estimate of drug-likeness (QED) is 0.557. The Morgan fingerprint density at radius 3 is 2.57 bits per heavy atom. The minimum atomic E-state index is -3.27. The first-order valence-electron chi connectivity index (χ1n) is 4.65. The molecule has 6 heteroatoms. The van der Waals surface area contributed by atoms with Gasteiger partial charge in [0.2, 0.25) is 10.0 Å². The molecule has 0 heterocycles. The molecule has 0 saturated carbocycles. The van der Waals surface area contributed by atoms with Crippen molar-refractivity contribution in [3.63, 3.8) is 0 Å². The minimum Gasteiger partial charge on any atom is -0.395 e. The fourth-order valence-electron chi connectivity index (χ4n) is 0.956. The van der Waals surface area contributed by atoms with Gasteiger partial charge in [-0.15, -0.1) is 0 Å². The Kier molecular flexibility index (Phi) is 7.08. The molecule has 2 N–H and O–H groups in total. The molecule has 0 radical (unpaired) electrons. The molecule has 0 saturated heterocycles. The lowest BCUT2D eigenvalue weighted by Crippen LogP contribution is -2.38. The van der Waals surface area contributed by atoms with E-state index < -0.39 is 10.0 Å². The summed E-state index contributed by atoms with van der Waals surface area (Å²) in [6, 6.07) is -0.373. The fourth-order valence-corrected chi connectivity index (χ4v) is 2.32. The van der Waals surface area contributed by atoms with Gasteiger partial charge in [0.15, 0.2) is 0 Å². The van der Waals surface area contributed by atoms with Crippen LogP contribution in [0.15, 0.2) is 0 Å². The molecule has 5 nitrogen and oxygen atoms in total. The predicted octanol–water partition coefficient (Wildman–Crippen LogP) is -0.287. The zero-order valence-corrected chi connectivity index (χ0v) is 9.51. The molecule has 0 aliphatic rings. The lowest BCUT2D eigenvalue weighted by Gasteiger charge is -2.13. The number of nitrogens with one attached hydrogen (secondary N) is 1. The van der Waals surface area contributed by atoms with Gasteiger partial charge in [-0.2, -0.15) is 0 Å². The third-order valence-corrected chi connectivity index (χ3v) is 3.34. The summed E-state index contributed by atoms with van der Waals surface area (Å²) in [6.45, 7) is 2.08. The number of aliphatic hydroxyl groups is 1. The number of hydrogen-bond acceptors (Lipinski definition) is 4. The zero-order valence-electron chi connectivity index (χ0n) is 8.69. The zero-order chi connectivity index (χ0) is 11.0. The van der Waals surface area contributed by atoms with E-state index in [0.29, 0.717) is 19.4 Å². The molecule has 1 unspecified atom stereocenters. The summed E-state index contributed by atoms with van der Waals surface area (Å²) in [5.74, 6) is 0.0390. The third kappa shape index (κ3) is 6.31. The van der Waals surface area contributed by atoms with Gasteiger partial charge in [-0.1, -0.05) is 6.92 Å². The van der Waals surface area contributed by atoms with Crippen molar-refractivity contribution < 1.29 is 18.3 Å². The van der Waals surface area contributed by atoms with Crippen LogP contribution >= 0.6 is 0 Å². The van der Waals surface area contributed by atoms with Crippen molar-refractivity contribution in [2.24, 2.45) is 0 Å². The van der Waals surface area contributed by atoms with Crippen molar-refractivity contribution in [3.05, 3.63) is 0 Å².